The number of likely N-dealkylation sites (N-methyl/N-ethyl adjacent to an activating group) is 1. The predicted octanol–water partition coefficient (Wildman–Crippen LogP) is 5.26. The summed E-state index contributed by atoms with van der Waals surface area (Å²) in [6, 6.07) is 17.1. The highest BCUT2D eigenvalue weighted by atomic mass is 19.3. The first kappa shape index (κ1) is 21.8. The van der Waals surface area contributed by atoms with E-state index in [0.29, 0.717) is 17.0 Å². The summed E-state index contributed by atoms with van der Waals surface area (Å²) < 4.78 is 27.1. The van der Waals surface area contributed by atoms with E-state index in [2.05, 4.69) is 35.3 Å². The highest BCUT2D eigenvalue weighted by molar-refractivity contribution is 5.98. The molecule has 1 aliphatic carbocycles. The van der Waals surface area contributed by atoms with Gasteiger partial charge in [0.25, 0.3) is 12.3 Å². The molecule has 1 N–H and O–H groups in total. The quantitative estimate of drug-likeness (QED) is 0.558. The number of carbonyl (C=O) groups excluding carboxylic acids is 1. The number of halogens is 2. The Balaban J connectivity index is 1.42. The summed E-state index contributed by atoms with van der Waals surface area (Å²) in [7, 11) is 4.17. The molecule has 6 heteroatoms. The number of benzene rings is 3. The smallest absolute Gasteiger partial charge is 0.264 e. The Morgan fingerprint density at radius 3 is 2.39 bits per heavy atom. The topological polar surface area (TPSA) is 35.6 Å². The monoisotopic (exact) mass is 449 g/mol. The second-order valence-electron chi connectivity index (χ2n) is 9.61. The highest BCUT2D eigenvalue weighted by Gasteiger charge is 2.47. The van der Waals surface area contributed by atoms with Crippen molar-refractivity contribution in [2.75, 3.05) is 32.1 Å². The van der Waals surface area contributed by atoms with E-state index in [1.165, 1.54) is 6.07 Å². The van der Waals surface area contributed by atoms with Crippen LogP contribution in [0.25, 0.3) is 10.8 Å². The highest BCUT2D eigenvalue weighted by Crippen LogP contribution is 2.49. The first-order valence-electron chi connectivity index (χ1n) is 11.4. The molecule has 0 spiro atoms. The lowest BCUT2D eigenvalue weighted by Crippen LogP contribution is -2.57. The minimum Gasteiger partial charge on any atom is -0.368 e. The first-order chi connectivity index (χ1) is 15.8. The maximum absolute atomic E-state index is 13.5. The second kappa shape index (κ2) is 8.10. The standard InChI is InChI=1S/C27H29F2N3O/c1-17-8-9-18(32-15-19(16-32)31(2)3)14-23(17)26(33)30-27(12-13-27)24-11-10-22(25(28)29)20-6-4-5-7-21(20)24/h4-11,14,19,25H,12-13,15-16H2,1-3H3,(H,30,33). The number of rotatable bonds is 6. The van der Waals surface area contributed by atoms with Gasteiger partial charge in [0.2, 0.25) is 0 Å². The number of amides is 1. The average Bonchev–Trinajstić information content (AvgIpc) is 3.52. The number of nitrogens with zero attached hydrogens (tertiary/aromatic N) is 2. The third-order valence-electron chi connectivity index (χ3n) is 7.23. The molecule has 1 amide bonds. The molecule has 1 saturated heterocycles. The Hall–Kier alpha value is -2.99. The number of hydrogen-bond donors (Lipinski definition) is 1. The van der Waals surface area contributed by atoms with Crippen LogP contribution in [0.4, 0.5) is 14.5 Å². The molecule has 2 aliphatic rings. The molecule has 3 aromatic carbocycles. The van der Waals surface area contributed by atoms with Crippen LogP contribution in [0, 0.1) is 6.92 Å². The zero-order chi connectivity index (χ0) is 23.3. The summed E-state index contributed by atoms with van der Waals surface area (Å²) in [5.74, 6) is -0.112. The van der Waals surface area contributed by atoms with Gasteiger partial charge in [0.05, 0.1) is 5.54 Å². The van der Waals surface area contributed by atoms with Crippen molar-refractivity contribution in [2.45, 2.75) is 37.8 Å². The van der Waals surface area contributed by atoms with Crippen LogP contribution in [-0.2, 0) is 5.54 Å². The van der Waals surface area contributed by atoms with Crippen molar-refractivity contribution in [1.29, 1.82) is 0 Å². The molecule has 0 bridgehead atoms. The van der Waals surface area contributed by atoms with Gasteiger partial charge in [0, 0.05) is 35.9 Å². The average molecular weight is 450 g/mol. The molecule has 3 aromatic rings. The summed E-state index contributed by atoms with van der Waals surface area (Å²) in [4.78, 5) is 17.9. The molecule has 33 heavy (non-hydrogen) atoms. The zero-order valence-electron chi connectivity index (χ0n) is 19.2. The van der Waals surface area contributed by atoms with Crippen molar-refractivity contribution in [1.82, 2.24) is 10.2 Å². The molecule has 0 atom stereocenters. The van der Waals surface area contributed by atoms with Crippen LogP contribution in [0.2, 0.25) is 0 Å². The van der Waals surface area contributed by atoms with E-state index in [4.69, 9.17) is 0 Å². The maximum atomic E-state index is 13.5. The van der Waals surface area contributed by atoms with Crippen LogP contribution < -0.4 is 10.2 Å². The van der Waals surface area contributed by atoms with Gasteiger partial charge in [-0.2, -0.15) is 0 Å². The van der Waals surface area contributed by atoms with E-state index in [-0.39, 0.29) is 11.5 Å². The third kappa shape index (κ3) is 3.86. The number of nitrogens with one attached hydrogen (secondary N) is 1. The Morgan fingerprint density at radius 1 is 1.06 bits per heavy atom. The molecule has 4 nitrogen and oxygen atoms in total. The molecule has 5 rings (SSSR count). The number of aryl methyl sites for hydroxylation is 1. The van der Waals surface area contributed by atoms with Crippen molar-refractivity contribution < 1.29 is 13.6 Å². The van der Waals surface area contributed by atoms with Gasteiger partial charge in [-0.05, 0) is 67.9 Å². The summed E-state index contributed by atoms with van der Waals surface area (Å²) in [5.41, 5.74) is 3.09. The van der Waals surface area contributed by atoms with Gasteiger partial charge in [0.1, 0.15) is 0 Å². The summed E-state index contributed by atoms with van der Waals surface area (Å²) in [6.45, 7) is 3.84. The van der Waals surface area contributed by atoms with Crippen molar-refractivity contribution in [2.24, 2.45) is 0 Å². The Labute approximate surface area is 193 Å². The SMILES string of the molecule is Cc1ccc(N2CC(N(C)C)C2)cc1C(=O)NC1(c2ccc(C(F)F)c3ccccc23)CC1. The zero-order valence-corrected chi connectivity index (χ0v) is 19.2. The number of alkyl halides is 2. The van der Waals surface area contributed by atoms with E-state index >= 15 is 0 Å². The molecular formula is C27H29F2N3O. The van der Waals surface area contributed by atoms with Crippen LogP contribution >= 0.6 is 0 Å². The largest absolute Gasteiger partial charge is 0.368 e. The van der Waals surface area contributed by atoms with Gasteiger partial charge in [0.15, 0.2) is 0 Å². The van der Waals surface area contributed by atoms with Crippen LogP contribution in [0.3, 0.4) is 0 Å². The molecular weight excluding hydrogens is 420 g/mol. The van der Waals surface area contributed by atoms with Crippen LogP contribution in [0.15, 0.2) is 54.6 Å². The number of anilines is 1. The summed E-state index contributed by atoms with van der Waals surface area (Å²) >= 11 is 0. The lowest BCUT2D eigenvalue weighted by atomic mass is 9.93. The first-order valence-corrected chi connectivity index (χ1v) is 11.4. The molecule has 1 saturated carbocycles. The molecule has 2 fully saturated rings. The summed E-state index contributed by atoms with van der Waals surface area (Å²) in [6.07, 6.45) is -0.939. The van der Waals surface area contributed by atoms with Gasteiger partial charge < -0.3 is 15.1 Å². The van der Waals surface area contributed by atoms with E-state index in [1.54, 1.807) is 18.2 Å². The van der Waals surface area contributed by atoms with Crippen molar-refractivity contribution in [3.8, 4) is 0 Å². The van der Waals surface area contributed by atoms with E-state index in [9.17, 15) is 13.6 Å². The van der Waals surface area contributed by atoms with Gasteiger partial charge in [-0.3, -0.25) is 4.79 Å². The Bertz CT molecular complexity index is 1210. The van der Waals surface area contributed by atoms with Crippen molar-refractivity contribution in [3.05, 3.63) is 76.9 Å². The van der Waals surface area contributed by atoms with Crippen molar-refractivity contribution >= 4 is 22.4 Å². The second-order valence-corrected chi connectivity index (χ2v) is 9.61. The Morgan fingerprint density at radius 2 is 1.76 bits per heavy atom. The van der Waals surface area contributed by atoms with Gasteiger partial charge >= 0.3 is 0 Å². The third-order valence-corrected chi connectivity index (χ3v) is 7.23. The molecule has 1 aliphatic heterocycles. The van der Waals surface area contributed by atoms with E-state index < -0.39 is 12.0 Å². The molecule has 0 radical (unpaired) electrons. The molecule has 0 unspecified atom stereocenters. The fourth-order valence-corrected chi connectivity index (χ4v) is 4.85. The lowest BCUT2D eigenvalue weighted by Gasteiger charge is -2.44. The van der Waals surface area contributed by atoms with E-state index in [1.807, 2.05) is 31.2 Å². The predicted molar refractivity (Wildman–Crippen MR) is 128 cm³/mol. The maximum Gasteiger partial charge on any atom is 0.264 e. The molecule has 0 aromatic heterocycles. The molecule has 172 valence electrons. The van der Waals surface area contributed by atoms with Gasteiger partial charge in [-0.1, -0.05) is 42.5 Å². The summed E-state index contributed by atoms with van der Waals surface area (Å²) in [5, 5.41) is 4.60. The van der Waals surface area contributed by atoms with Gasteiger partial charge in [-0.25, -0.2) is 8.78 Å². The fraction of sp³-hybridized carbons (Fsp3) is 0.370. The lowest BCUT2D eigenvalue weighted by molar-refractivity contribution is 0.0930. The minimum atomic E-state index is -2.53. The van der Waals surface area contributed by atoms with E-state index in [0.717, 1.165) is 48.1 Å². The fourth-order valence-electron chi connectivity index (χ4n) is 4.85. The normalized spacial score (nSPS) is 17.5. The van der Waals surface area contributed by atoms with Crippen LogP contribution in [-0.4, -0.2) is 44.0 Å². The number of fused-ring (bicyclic) bond motifs is 1. The van der Waals surface area contributed by atoms with Crippen LogP contribution in [0.5, 0.6) is 0 Å². The number of carbonyl (C=O) groups is 1. The number of hydrogen-bond acceptors (Lipinski definition) is 3. The minimum absolute atomic E-state index is 0.0330. The van der Waals surface area contributed by atoms with Crippen molar-refractivity contribution in [3.63, 3.8) is 0 Å². The van der Waals surface area contributed by atoms with Gasteiger partial charge in [-0.15, -0.1) is 0 Å². The van der Waals surface area contributed by atoms with Crippen LogP contribution in [0.1, 0.15) is 46.3 Å². The molecule has 1 heterocycles. The Kier molecular flexibility index (Phi) is 5.36.